The molecule has 1 heterocycles. The minimum Gasteiger partial charge on any atom is -0.340 e. The van der Waals surface area contributed by atoms with Crippen LogP contribution in [0.3, 0.4) is 0 Å². The Morgan fingerprint density at radius 3 is 1.90 bits per heavy atom. The van der Waals surface area contributed by atoms with Crippen molar-refractivity contribution in [3.63, 3.8) is 0 Å². The van der Waals surface area contributed by atoms with Crippen LogP contribution in [0.25, 0.3) is 22.4 Å². The number of nitrogens with zero attached hydrogens (tertiary/aromatic N) is 1. The molecule has 0 aliphatic heterocycles. The third kappa shape index (κ3) is 4.28. The van der Waals surface area contributed by atoms with E-state index in [9.17, 15) is 0 Å². The SMILES string of the molecule is Cc1c(-c2ccc(C(C)(C)C)cc2)cc(-c2ccccc2)nc1Nc1ccccc1. The Hall–Kier alpha value is -3.39. The van der Waals surface area contributed by atoms with E-state index in [1.54, 1.807) is 0 Å². The fourth-order valence-electron chi connectivity index (χ4n) is 3.60. The number of hydrogen-bond donors (Lipinski definition) is 1. The van der Waals surface area contributed by atoms with E-state index in [2.05, 4.69) is 99.7 Å². The number of pyridine rings is 1. The monoisotopic (exact) mass is 392 g/mol. The first-order valence-corrected chi connectivity index (χ1v) is 10.4. The largest absolute Gasteiger partial charge is 0.340 e. The summed E-state index contributed by atoms with van der Waals surface area (Å²) in [6.07, 6.45) is 0. The lowest BCUT2D eigenvalue weighted by atomic mass is 9.86. The molecule has 150 valence electrons. The molecule has 1 aromatic heterocycles. The molecule has 0 unspecified atom stereocenters. The van der Waals surface area contributed by atoms with Crippen molar-refractivity contribution >= 4 is 11.5 Å². The lowest BCUT2D eigenvalue weighted by Gasteiger charge is -2.20. The molecular weight excluding hydrogens is 364 g/mol. The molecular formula is C28H28N2. The second kappa shape index (κ2) is 8.16. The topological polar surface area (TPSA) is 24.9 Å². The van der Waals surface area contributed by atoms with Gasteiger partial charge in [-0.15, -0.1) is 0 Å². The van der Waals surface area contributed by atoms with E-state index >= 15 is 0 Å². The van der Waals surface area contributed by atoms with Gasteiger partial charge in [-0.3, -0.25) is 0 Å². The molecule has 0 bridgehead atoms. The zero-order chi connectivity index (χ0) is 21.1. The van der Waals surface area contributed by atoms with Crippen LogP contribution in [0.5, 0.6) is 0 Å². The van der Waals surface area contributed by atoms with Crippen LogP contribution < -0.4 is 5.32 Å². The number of para-hydroxylation sites is 1. The van der Waals surface area contributed by atoms with Crippen LogP contribution in [-0.4, -0.2) is 4.98 Å². The Kier molecular flexibility index (Phi) is 5.41. The molecule has 0 saturated heterocycles. The van der Waals surface area contributed by atoms with Gasteiger partial charge in [-0.2, -0.15) is 0 Å². The standard InChI is InChI=1S/C28H28N2/c1-20-25(21-15-17-23(18-16-21)28(2,3)4)19-26(22-11-7-5-8-12-22)30-27(20)29-24-13-9-6-10-14-24/h5-19H,1-4H3,(H,29,30). The zero-order valence-electron chi connectivity index (χ0n) is 18.1. The fraction of sp³-hybridized carbons (Fsp3) is 0.179. The Labute approximate surface area is 179 Å². The van der Waals surface area contributed by atoms with Gasteiger partial charge in [0.1, 0.15) is 5.82 Å². The van der Waals surface area contributed by atoms with Crippen molar-refractivity contribution in [2.45, 2.75) is 33.1 Å². The number of nitrogens with one attached hydrogen (secondary N) is 1. The summed E-state index contributed by atoms with van der Waals surface area (Å²) >= 11 is 0. The van der Waals surface area contributed by atoms with E-state index in [1.807, 2.05) is 24.3 Å². The van der Waals surface area contributed by atoms with E-state index in [1.165, 1.54) is 16.7 Å². The van der Waals surface area contributed by atoms with Gasteiger partial charge in [0, 0.05) is 11.3 Å². The van der Waals surface area contributed by atoms with Gasteiger partial charge in [-0.25, -0.2) is 4.98 Å². The quantitative estimate of drug-likeness (QED) is 0.384. The molecule has 2 heteroatoms. The van der Waals surface area contributed by atoms with Crippen LogP contribution in [0.1, 0.15) is 31.9 Å². The Balaban J connectivity index is 1.83. The van der Waals surface area contributed by atoms with Crippen LogP contribution in [0.2, 0.25) is 0 Å². The normalized spacial score (nSPS) is 11.3. The Morgan fingerprint density at radius 1 is 0.700 bits per heavy atom. The maximum Gasteiger partial charge on any atom is 0.134 e. The van der Waals surface area contributed by atoms with Crippen molar-refractivity contribution in [3.05, 3.63) is 102 Å². The average molecular weight is 393 g/mol. The lowest BCUT2D eigenvalue weighted by Crippen LogP contribution is -2.10. The molecule has 4 aromatic rings. The predicted octanol–water partition coefficient (Wildman–Crippen LogP) is 7.77. The summed E-state index contributed by atoms with van der Waals surface area (Å²) in [5.41, 5.74) is 8.13. The maximum absolute atomic E-state index is 4.97. The summed E-state index contributed by atoms with van der Waals surface area (Å²) in [5, 5.41) is 3.52. The predicted molar refractivity (Wildman–Crippen MR) is 128 cm³/mol. The van der Waals surface area contributed by atoms with E-state index < -0.39 is 0 Å². The smallest absolute Gasteiger partial charge is 0.134 e. The van der Waals surface area contributed by atoms with Crippen molar-refractivity contribution in [1.82, 2.24) is 4.98 Å². The number of anilines is 2. The Bertz CT molecular complexity index is 1120. The molecule has 4 rings (SSSR count). The minimum absolute atomic E-state index is 0.140. The third-order valence-corrected chi connectivity index (χ3v) is 5.44. The van der Waals surface area contributed by atoms with Crippen LogP contribution in [0.15, 0.2) is 91.0 Å². The van der Waals surface area contributed by atoms with Crippen LogP contribution in [0, 0.1) is 6.92 Å². The van der Waals surface area contributed by atoms with Gasteiger partial charge in [0.15, 0.2) is 0 Å². The van der Waals surface area contributed by atoms with Gasteiger partial charge in [0.2, 0.25) is 0 Å². The van der Waals surface area contributed by atoms with Gasteiger partial charge in [0.05, 0.1) is 5.69 Å². The van der Waals surface area contributed by atoms with Gasteiger partial charge < -0.3 is 5.32 Å². The third-order valence-electron chi connectivity index (χ3n) is 5.44. The highest BCUT2D eigenvalue weighted by atomic mass is 15.0. The average Bonchev–Trinajstić information content (AvgIpc) is 2.76. The molecule has 0 amide bonds. The molecule has 0 radical (unpaired) electrons. The molecule has 0 atom stereocenters. The van der Waals surface area contributed by atoms with Crippen LogP contribution in [0.4, 0.5) is 11.5 Å². The van der Waals surface area contributed by atoms with Gasteiger partial charge >= 0.3 is 0 Å². The molecule has 2 nitrogen and oxygen atoms in total. The van der Waals surface area contributed by atoms with E-state index in [0.29, 0.717) is 0 Å². The van der Waals surface area contributed by atoms with Crippen molar-refractivity contribution in [2.75, 3.05) is 5.32 Å². The first-order valence-electron chi connectivity index (χ1n) is 10.4. The molecule has 0 aliphatic carbocycles. The maximum atomic E-state index is 4.97. The molecule has 30 heavy (non-hydrogen) atoms. The van der Waals surface area contributed by atoms with E-state index in [4.69, 9.17) is 4.98 Å². The van der Waals surface area contributed by atoms with Gasteiger partial charge in [-0.1, -0.05) is 93.6 Å². The summed E-state index contributed by atoms with van der Waals surface area (Å²) in [4.78, 5) is 4.97. The fourth-order valence-corrected chi connectivity index (χ4v) is 3.60. The van der Waals surface area contributed by atoms with Crippen molar-refractivity contribution < 1.29 is 0 Å². The van der Waals surface area contributed by atoms with E-state index in [0.717, 1.165) is 28.3 Å². The molecule has 3 aromatic carbocycles. The van der Waals surface area contributed by atoms with Crippen molar-refractivity contribution in [2.24, 2.45) is 0 Å². The molecule has 0 spiro atoms. The summed E-state index contributed by atoms with van der Waals surface area (Å²) in [6.45, 7) is 8.87. The zero-order valence-corrected chi connectivity index (χ0v) is 18.1. The summed E-state index contributed by atoms with van der Waals surface area (Å²) in [6, 6.07) is 31.7. The number of rotatable bonds is 4. The van der Waals surface area contributed by atoms with E-state index in [-0.39, 0.29) is 5.41 Å². The first-order chi connectivity index (χ1) is 14.4. The minimum atomic E-state index is 0.140. The summed E-state index contributed by atoms with van der Waals surface area (Å²) in [5.74, 6) is 0.887. The second-order valence-electron chi connectivity index (χ2n) is 8.71. The number of hydrogen-bond acceptors (Lipinski definition) is 2. The second-order valence-corrected chi connectivity index (χ2v) is 8.71. The number of aromatic nitrogens is 1. The summed E-state index contributed by atoms with van der Waals surface area (Å²) in [7, 11) is 0. The molecule has 0 aliphatic rings. The lowest BCUT2D eigenvalue weighted by molar-refractivity contribution is 0.590. The highest BCUT2D eigenvalue weighted by Crippen LogP contribution is 2.34. The molecule has 0 fully saturated rings. The van der Waals surface area contributed by atoms with Crippen molar-refractivity contribution in [1.29, 1.82) is 0 Å². The Morgan fingerprint density at radius 2 is 1.30 bits per heavy atom. The molecule has 0 saturated carbocycles. The van der Waals surface area contributed by atoms with Crippen molar-refractivity contribution in [3.8, 4) is 22.4 Å². The van der Waals surface area contributed by atoms with Crippen LogP contribution >= 0.6 is 0 Å². The van der Waals surface area contributed by atoms with Gasteiger partial charge in [0.25, 0.3) is 0 Å². The highest BCUT2D eigenvalue weighted by molar-refractivity contribution is 5.79. The van der Waals surface area contributed by atoms with Crippen LogP contribution in [-0.2, 0) is 5.41 Å². The summed E-state index contributed by atoms with van der Waals surface area (Å²) < 4.78 is 0. The molecule has 1 N–H and O–H groups in total. The number of benzene rings is 3. The van der Waals surface area contributed by atoms with Gasteiger partial charge in [-0.05, 0) is 52.8 Å². The first kappa shape index (κ1) is 19.9. The highest BCUT2D eigenvalue weighted by Gasteiger charge is 2.16.